The molecule has 0 saturated heterocycles. The number of benzene rings is 2. The molecule has 2 rings (SSSR count). The fourth-order valence-electron chi connectivity index (χ4n) is 4.66. The van der Waals surface area contributed by atoms with Crippen molar-refractivity contribution in [2.45, 2.75) is 93.4 Å². The Kier molecular flexibility index (Phi) is 5.59. The minimum Gasteiger partial charge on any atom is -0.507 e. The smallest absolute Gasteiger partial charge is 0.123 e. The maximum Gasteiger partial charge on any atom is 0.123 e. The van der Waals surface area contributed by atoms with Crippen LogP contribution in [0.1, 0.15) is 91.6 Å². The minimum absolute atomic E-state index is 0.0796. The summed E-state index contributed by atoms with van der Waals surface area (Å²) >= 11 is 0. The van der Waals surface area contributed by atoms with Crippen LogP contribution in [0.15, 0.2) is 12.1 Å². The number of hydrogen-bond donors (Lipinski definition) is 1. The highest BCUT2D eigenvalue weighted by Crippen LogP contribution is 2.40. The molecule has 1 nitrogen and oxygen atoms in total. The largest absolute Gasteiger partial charge is 0.507 e. The first-order chi connectivity index (χ1) is 12.2. The molecule has 0 heterocycles. The molecule has 0 spiro atoms. The molecule has 0 radical (unpaired) electrons. The van der Waals surface area contributed by atoms with Crippen LogP contribution in [0.3, 0.4) is 0 Å². The summed E-state index contributed by atoms with van der Waals surface area (Å²) in [4.78, 5) is 0. The van der Waals surface area contributed by atoms with Gasteiger partial charge in [-0.1, -0.05) is 53.7 Å². The van der Waals surface area contributed by atoms with Gasteiger partial charge in [-0.3, -0.25) is 0 Å². The Morgan fingerprint density at radius 2 is 1.04 bits per heavy atom. The first-order valence-electron chi connectivity index (χ1n) is 10.1. The Morgan fingerprint density at radius 3 is 1.48 bits per heavy atom. The van der Waals surface area contributed by atoms with Crippen LogP contribution in [0, 0.1) is 34.6 Å². The molecular weight excluding hydrogens is 328 g/mol. The fourth-order valence-corrected chi connectivity index (χ4v) is 4.66. The van der Waals surface area contributed by atoms with Gasteiger partial charge < -0.3 is 5.11 Å². The molecule has 0 amide bonds. The third kappa shape index (κ3) is 4.08. The molecular formula is C26H38O. The molecule has 1 heteroatoms. The number of aromatic hydroxyl groups is 1. The Bertz CT molecular complexity index is 798. The number of hydrogen-bond acceptors (Lipinski definition) is 1. The monoisotopic (exact) mass is 366 g/mol. The van der Waals surface area contributed by atoms with Crippen molar-refractivity contribution in [1.29, 1.82) is 0 Å². The topological polar surface area (TPSA) is 20.2 Å². The van der Waals surface area contributed by atoms with Crippen LogP contribution >= 0.6 is 0 Å². The minimum atomic E-state index is -0.0796. The normalized spacial score (nSPS) is 12.6. The summed E-state index contributed by atoms with van der Waals surface area (Å²) in [6.07, 6.45) is 0.770. The molecule has 0 aliphatic carbocycles. The van der Waals surface area contributed by atoms with Crippen molar-refractivity contribution in [2.24, 2.45) is 0 Å². The molecule has 0 aliphatic rings. The van der Waals surface area contributed by atoms with E-state index in [9.17, 15) is 5.11 Å². The lowest BCUT2D eigenvalue weighted by molar-refractivity contribution is 0.439. The Morgan fingerprint density at radius 1 is 0.630 bits per heavy atom. The molecule has 1 N–H and O–H groups in total. The molecule has 0 aromatic heterocycles. The number of phenols is 1. The zero-order valence-electron chi connectivity index (χ0n) is 19.3. The van der Waals surface area contributed by atoms with Gasteiger partial charge in [-0.15, -0.1) is 0 Å². The van der Waals surface area contributed by atoms with Gasteiger partial charge in [-0.2, -0.15) is 0 Å². The lowest BCUT2D eigenvalue weighted by Crippen LogP contribution is -2.18. The SMILES string of the molecule is Cc1cc(Cc2cc(C)c(C)c(C(C)(C)C)c2O)c(C)c(C(C)(C)C)c1C. The van der Waals surface area contributed by atoms with Gasteiger partial charge in [0.1, 0.15) is 5.75 Å². The van der Waals surface area contributed by atoms with Crippen LogP contribution in [0.4, 0.5) is 0 Å². The van der Waals surface area contributed by atoms with Crippen molar-refractivity contribution < 1.29 is 5.11 Å². The lowest BCUT2D eigenvalue weighted by atomic mass is 9.76. The van der Waals surface area contributed by atoms with Crippen LogP contribution in [-0.4, -0.2) is 5.11 Å². The summed E-state index contributed by atoms with van der Waals surface area (Å²) in [5, 5.41) is 11.1. The highest BCUT2D eigenvalue weighted by Gasteiger charge is 2.26. The van der Waals surface area contributed by atoms with Gasteiger partial charge in [0, 0.05) is 12.0 Å². The third-order valence-electron chi connectivity index (χ3n) is 5.99. The number of rotatable bonds is 2. The van der Waals surface area contributed by atoms with E-state index in [0.717, 1.165) is 17.5 Å². The fraction of sp³-hybridized carbons (Fsp3) is 0.538. The first kappa shape index (κ1) is 21.5. The van der Waals surface area contributed by atoms with E-state index in [2.05, 4.69) is 88.3 Å². The first-order valence-corrected chi connectivity index (χ1v) is 10.1. The molecule has 2 aromatic carbocycles. The average molecular weight is 367 g/mol. The standard InChI is InChI=1S/C26H38O/c1-15-12-20(19(5)22(17(15)3)25(6,7)8)14-21-13-16(2)18(4)23(24(21)27)26(9,10)11/h12-13,27H,14H2,1-11H3. The molecule has 0 saturated carbocycles. The average Bonchev–Trinajstić information content (AvgIpc) is 2.47. The Hall–Kier alpha value is -1.76. The predicted molar refractivity (Wildman–Crippen MR) is 118 cm³/mol. The van der Waals surface area contributed by atoms with Crippen molar-refractivity contribution in [3.8, 4) is 5.75 Å². The lowest BCUT2D eigenvalue weighted by Gasteiger charge is -2.29. The van der Waals surface area contributed by atoms with Crippen molar-refractivity contribution in [2.75, 3.05) is 0 Å². The highest BCUT2D eigenvalue weighted by molar-refractivity contribution is 5.55. The maximum absolute atomic E-state index is 11.1. The molecule has 2 aromatic rings. The third-order valence-corrected chi connectivity index (χ3v) is 5.99. The zero-order chi connectivity index (χ0) is 20.9. The van der Waals surface area contributed by atoms with Crippen molar-refractivity contribution in [3.05, 3.63) is 62.2 Å². The molecule has 27 heavy (non-hydrogen) atoms. The molecule has 0 fully saturated rings. The summed E-state index contributed by atoms with van der Waals surface area (Å²) < 4.78 is 0. The number of aryl methyl sites for hydroxylation is 2. The second-order valence-electron chi connectivity index (χ2n) is 10.4. The van der Waals surface area contributed by atoms with Crippen LogP contribution in [-0.2, 0) is 17.3 Å². The van der Waals surface area contributed by atoms with Gasteiger partial charge in [-0.05, 0) is 90.0 Å². The van der Waals surface area contributed by atoms with E-state index in [1.54, 1.807) is 0 Å². The maximum atomic E-state index is 11.1. The summed E-state index contributed by atoms with van der Waals surface area (Å²) in [6, 6.07) is 4.48. The molecule has 0 atom stereocenters. The van der Waals surface area contributed by atoms with Crippen LogP contribution in [0.2, 0.25) is 0 Å². The predicted octanol–water partition coefficient (Wildman–Crippen LogP) is 7.12. The molecule has 0 bridgehead atoms. The van der Waals surface area contributed by atoms with Gasteiger partial charge in [0.05, 0.1) is 0 Å². The Balaban J connectivity index is 2.69. The summed E-state index contributed by atoms with van der Waals surface area (Å²) in [5.41, 5.74) is 11.5. The van der Waals surface area contributed by atoms with E-state index in [1.165, 1.54) is 38.9 Å². The molecule has 0 unspecified atom stereocenters. The van der Waals surface area contributed by atoms with E-state index >= 15 is 0 Å². The summed E-state index contributed by atoms with van der Waals surface area (Å²) in [6.45, 7) is 24.4. The van der Waals surface area contributed by atoms with Gasteiger partial charge in [0.2, 0.25) is 0 Å². The second-order valence-corrected chi connectivity index (χ2v) is 10.4. The van der Waals surface area contributed by atoms with Crippen molar-refractivity contribution >= 4 is 0 Å². The molecule has 148 valence electrons. The van der Waals surface area contributed by atoms with E-state index in [-0.39, 0.29) is 10.8 Å². The van der Waals surface area contributed by atoms with Crippen molar-refractivity contribution in [1.82, 2.24) is 0 Å². The van der Waals surface area contributed by atoms with E-state index in [1.807, 2.05) is 0 Å². The zero-order valence-corrected chi connectivity index (χ0v) is 19.3. The van der Waals surface area contributed by atoms with Crippen LogP contribution < -0.4 is 0 Å². The van der Waals surface area contributed by atoms with Gasteiger partial charge in [-0.25, -0.2) is 0 Å². The highest BCUT2D eigenvalue weighted by atomic mass is 16.3. The molecule has 0 aliphatic heterocycles. The number of phenolic OH excluding ortho intramolecular Hbond substituents is 1. The van der Waals surface area contributed by atoms with E-state index in [4.69, 9.17) is 0 Å². The summed E-state index contributed by atoms with van der Waals surface area (Å²) in [7, 11) is 0. The second kappa shape index (κ2) is 7.00. The quantitative estimate of drug-likeness (QED) is 0.600. The van der Waals surface area contributed by atoms with Gasteiger partial charge in [0.15, 0.2) is 0 Å². The van der Waals surface area contributed by atoms with Crippen LogP contribution in [0.25, 0.3) is 0 Å². The Labute approximate surface area is 166 Å². The van der Waals surface area contributed by atoms with Gasteiger partial charge >= 0.3 is 0 Å². The van der Waals surface area contributed by atoms with Crippen molar-refractivity contribution in [3.63, 3.8) is 0 Å². The van der Waals surface area contributed by atoms with Crippen LogP contribution in [0.5, 0.6) is 5.75 Å². The summed E-state index contributed by atoms with van der Waals surface area (Å²) in [5.74, 6) is 0.473. The van der Waals surface area contributed by atoms with E-state index < -0.39 is 0 Å². The van der Waals surface area contributed by atoms with E-state index in [0.29, 0.717) is 5.75 Å². The van der Waals surface area contributed by atoms with Gasteiger partial charge in [0.25, 0.3) is 0 Å².